The van der Waals surface area contributed by atoms with E-state index < -0.39 is 17.5 Å². The molecule has 1 heterocycles. The van der Waals surface area contributed by atoms with Crippen LogP contribution in [0, 0.1) is 23.4 Å². The van der Waals surface area contributed by atoms with E-state index in [1.165, 1.54) is 50.7 Å². The molecule has 0 aliphatic carbocycles. The van der Waals surface area contributed by atoms with Crippen LogP contribution in [-0.2, 0) is 11.2 Å². The van der Waals surface area contributed by atoms with Crippen molar-refractivity contribution in [3.05, 3.63) is 58.9 Å². The number of aryl methyl sites for hydroxylation is 1. The first-order valence-electron chi connectivity index (χ1n) is 11.4. The fourth-order valence-corrected chi connectivity index (χ4v) is 4.36. The lowest BCUT2D eigenvalue weighted by atomic mass is 9.90. The fourth-order valence-electron chi connectivity index (χ4n) is 4.36. The van der Waals surface area contributed by atoms with Gasteiger partial charge in [-0.3, -0.25) is 0 Å². The van der Waals surface area contributed by atoms with Crippen molar-refractivity contribution in [2.24, 2.45) is 5.92 Å². The van der Waals surface area contributed by atoms with Crippen LogP contribution >= 0.6 is 0 Å². The summed E-state index contributed by atoms with van der Waals surface area (Å²) in [6, 6.07) is 7.69. The average Bonchev–Trinajstić information content (AvgIpc) is 2.76. The third-order valence-electron chi connectivity index (χ3n) is 6.29. The van der Waals surface area contributed by atoms with Crippen molar-refractivity contribution in [1.29, 1.82) is 0 Å². The van der Waals surface area contributed by atoms with E-state index in [0.29, 0.717) is 35.6 Å². The SMILES string of the molecule is CCCCCCCC1CCC(c2ccc(-c3ccc(CC)c(F)c3F)cc2F)OC1. The van der Waals surface area contributed by atoms with Crippen molar-refractivity contribution in [3.63, 3.8) is 0 Å². The van der Waals surface area contributed by atoms with Gasteiger partial charge >= 0.3 is 0 Å². The predicted molar refractivity (Wildman–Crippen MR) is 116 cm³/mol. The van der Waals surface area contributed by atoms with E-state index in [2.05, 4.69) is 6.92 Å². The molecule has 2 aromatic rings. The number of hydrogen-bond acceptors (Lipinski definition) is 1. The molecule has 0 N–H and O–H groups in total. The number of hydrogen-bond donors (Lipinski definition) is 0. The van der Waals surface area contributed by atoms with Gasteiger partial charge in [-0.25, -0.2) is 13.2 Å². The largest absolute Gasteiger partial charge is 0.373 e. The quantitative estimate of drug-likeness (QED) is 0.373. The number of rotatable bonds is 9. The van der Waals surface area contributed by atoms with Gasteiger partial charge in [0.15, 0.2) is 11.6 Å². The number of ether oxygens (including phenoxy) is 1. The second-order valence-electron chi connectivity index (χ2n) is 8.46. The summed E-state index contributed by atoms with van der Waals surface area (Å²) in [4.78, 5) is 0. The molecule has 4 heteroatoms. The summed E-state index contributed by atoms with van der Waals surface area (Å²) in [7, 11) is 0. The molecule has 1 aliphatic heterocycles. The van der Waals surface area contributed by atoms with Crippen LogP contribution < -0.4 is 0 Å². The number of halogens is 3. The molecule has 1 saturated heterocycles. The fraction of sp³-hybridized carbons (Fsp3) is 0.538. The Morgan fingerprint density at radius 2 is 1.70 bits per heavy atom. The summed E-state index contributed by atoms with van der Waals surface area (Å²) >= 11 is 0. The third-order valence-corrected chi connectivity index (χ3v) is 6.29. The third kappa shape index (κ3) is 5.46. The highest BCUT2D eigenvalue weighted by Crippen LogP contribution is 2.36. The molecule has 3 rings (SSSR count). The molecule has 0 radical (unpaired) electrons. The van der Waals surface area contributed by atoms with Gasteiger partial charge in [0.25, 0.3) is 0 Å². The van der Waals surface area contributed by atoms with Crippen LogP contribution in [0.25, 0.3) is 11.1 Å². The highest BCUT2D eigenvalue weighted by atomic mass is 19.2. The van der Waals surface area contributed by atoms with E-state index in [4.69, 9.17) is 4.74 Å². The van der Waals surface area contributed by atoms with E-state index in [9.17, 15) is 13.2 Å². The molecule has 30 heavy (non-hydrogen) atoms. The maximum Gasteiger partial charge on any atom is 0.166 e. The number of benzene rings is 2. The van der Waals surface area contributed by atoms with Crippen LogP contribution in [0.2, 0.25) is 0 Å². The summed E-state index contributed by atoms with van der Waals surface area (Å²) in [5.41, 5.74) is 1.26. The Morgan fingerprint density at radius 3 is 2.37 bits per heavy atom. The molecular weight excluding hydrogens is 385 g/mol. The van der Waals surface area contributed by atoms with Crippen LogP contribution in [-0.4, -0.2) is 6.61 Å². The van der Waals surface area contributed by atoms with Crippen molar-refractivity contribution in [1.82, 2.24) is 0 Å². The van der Waals surface area contributed by atoms with Crippen molar-refractivity contribution >= 4 is 0 Å². The second-order valence-corrected chi connectivity index (χ2v) is 8.46. The Labute approximate surface area is 178 Å². The summed E-state index contributed by atoms with van der Waals surface area (Å²) in [5.74, 6) is -1.64. The van der Waals surface area contributed by atoms with E-state index in [1.807, 2.05) is 0 Å². The van der Waals surface area contributed by atoms with E-state index in [1.54, 1.807) is 25.1 Å². The van der Waals surface area contributed by atoms with Crippen LogP contribution in [0.4, 0.5) is 13.2 Å². The Hall–Kier alpha value is -1.81. The first-order valence-corrected chi connectivity index (χ1v) is 11.4. The molecule has 0 bridgehead atoms. The molecule has 0 spiro atoms. The average molecular weight is 419 g/mol. The van der Waals surface area contributed by atoms with Crippen LogP contribution in [0.5, 0.6) is 0 Å². The van der Waals surface area contributed by atoms with E-state index in [0.717, 1.165) is 12.8 Å². The van der Waals surface area contributed by atoms with Crippen LogP contribution in [0.3, 0.4) is 0 Å². The molecule has 164 valence electrons. The van der Waals surface area contributed by atoms with Gasteiger partial charge in [-0.05, 0) is 48.8 Å². The molecule has 1 fully saturated rings. The zero-order valence-corrected chi connectivity index (χ0v) is 18.2. The van der Waals surface area contributed by atoms with Crippen molar-refractivity contribution < 1.29 is 17.9 Å². The molecule has 0 aromatic heterocycles. The maximum absolute atomic E-state index is 14.8. The van der Waals surface area contributed by atoms with Crippen LogP contribution in [0.15, 0.2) is 30.3 Å². The molecule has 1 aliphatic rings. The van der Waals surface area contributed by atoms with Crippen molar-refractivity contribution in [2.75, 3.05) is 6.61 Å². The van der Waals surface area contributed by atoms with Crippen molar-refractivity contribution in [3.8, 4) is 11.1 Å². The summed E-state index contributed by atoms with van der Waals surface area (Å²) in [6.07, 6.45) is 9.53. The number of unbranched alkanes of at least 4 members (excludes halogenated alkanes) is 4. The van der Waals surface area contributed by atoms with Gasteiger partial charge in [0.05, 0.1) is 12.7 Å². The molecule has 0 amide bonds. The molecule has 2 unspecified atom stereocenters. The minimum absolute atomic E-state index is 0.0860. The Balaban J connectivity index is 1.61. The Morgan fingerprint density at radius 1 is 0.900 bits per heavy atom. The highest BCUT2D eigenvalue weighted by Gasteiger charge is 2.25. The van der Waals surface area contributed by atoms with E-state index >= 15 is 0 Å². The van der Waals surface area contributed by atoms with Gasteiger partial charge in [0.1, 0.15) is 5.82 Å². The summed E-state index contributed by atoms with van der Waals surface area (Å²) in [6.45, 7) is 4.66. The van der Waals surface area contributed by atoms with Crippen molar-refractivity contribution in [2.45, 2.75) is 77.7 Å². The zero-order chi connectivity index (χ0) is 21.5. The maximum atomic E-state index is 14.8. The normalized spacial score (nSPS) is 19.2. The second kappa shape index (κ2) is 11.0. The van der Waals surface area contributed by atoms with E-state index in [-0.39, 0.29) is 11.7 Å². The Kier molecular flexibility index (Phi) is 8.38. The topological polar surface area (TPSA) is 9.23 Å². The minimum atomic E-state index is -0.919. The summed E-state index contributed by atoms with van der Waals surface area (Å²) in [5, 5.41) is 0. The predicted octanol–water partition coefficient (Wildman–Crippen LogP) is 8.16. The van der Waals surface area contributed by atoms with Gasteiger partial charge in [-0.1, -0.05) is 70.2 Å². The zero-order valence-electron chi connectivity index (χ0n) is 18.2. The van der Waals surface area contributed by atoms with Gasteiger partial charge < -0.3 is 4.74 Å². The highest BCUT2D eigenvalue weighted by molar-refractivity contribution is 5.65. The lowest BCUT2D eigenvalue weighted by molar-refractivity contribution is -0.0215. The standard InChI is InChI=1S/C26H33F3O/c1-3-5-6-7-8-9-18-10-15-24(30-17-18)22-14-12-20(16-23(22)27)21-13-11-19(4-2)25(28)26(21)29/h11-14,16,18,24H,3-10,15,17H2,1-2H3. The molecule has 0 saturated carbocycles. The Bertz CT molecular complexity index is 825. The lowest BCUT2D eigenvalue weighted by Crippen LogP contribution is -2.21. The molecule has 2 atom stereocenters. The smallest absolute Gasteiger partial charge is 0.166 e. The lowest BCUT2D eigenvalue weighted by Gasteiger charge is -2.29. The van der Waals surface area contributed by atoms with Gasteiger partial charge in [-0.2, -0.15) is 0 Å². The minimum Gasteiger partial charge on any atom is -0.373 e. The van der Waals surface area contributed by atoms with Crippen LogP contribution in [0.1, 0.15) is 82.4 Å². The first-order chi connectivity index (χ1) is 14.5. The van der Waals surface area contributed by atoms with Gasteiger partial charge in [0, 0.05) is 11.1 Å². The summed E-state index contributed by atoms with van der Waals surface area (Å²) < 4.78 is 49.3. The van der Waals surface area contributed by atoms with Gasteiger partial charge in [0.2, 0.25) is 0 Å². The first kappa shape index (κ1) is 22.9. The monoisotopic (exact) mass is 418 g/mol. The molecule has 2 aromatic carbocycles. The molecular formula is C26H33F3O. The molecule has 1 nitrogen and oxygen atoms in total. The van der Waals surface area contributed by atoms with Gasteiger partial charge in [-0.15, -0.1) is 0 Å².